The number of hydrogen-bond donors (Lipinski definition) is 1. The Kier molecular flexibility index (Phi) is 5.06. The van der Waals surface area contributed by atoms with E-state index in [1.165, 1.54) is 5.56 Å². The molecule has 0 spiro atoms. The zero-order chi connectivity index (χ0) is 14.6. The van der Waals surface area contributed by atoms with Crippen molar-refractivity contribution in [2.45, 2.75) is 38.6 Å². The van der Waals surface area contributed by atoms with Gasteiger partial charge in [0.1, 0.15) is 5.76 Å². The number of rotatable bonds is 6. The second kappa shape index (κ2) is 6.59. The first-order valence-electron chi connectivity index (χ1n) is 7.09. The molecule has 0 aliphatic heterocycles. The predicted molar refractivity (Wildman–Crippen MR) is 86.9 cm³/mol. The van der Waals surface area contributed by atoms with Crippen molar-refractivity contribution in [3.63, 3.8) is 0 Å². The quantitative estimate of drug-likeness (QED) is 0.797. The molecule has 1 unspecified atom stereocenters. The van der Waals surface area contributed by atoms with Gasteiger partial charge >= 0.3 is 0 Å². The molecule has 0 saturated heterocycles. The molecule has 1 aromatic heterocycles. The lowest BCUT2D eigenvalue weighted by atomic mass is 9.76. The van der Waals surface area contributed by atoms with E-state index >= 15 is 0 Å². The van der Waals surface area contributed by atoms with Crippen LogP contribution in [0.25, 0.3) is 0 Å². The average Bonchev–Trinajstić information content (AvgIpc) is 2.86. The lowest BCUT2D eigenvalue weighted by Gasteiger charge is -2.34. The second-order valence-electron chi connectivity index (χ2n) is 5.61. The van der Waals surface area contributed by atoms with Crippen molar-refractivity contribution in [2.24, 2.45) is 0 Å². The second-order valence-corrected chi connectivity index (χ2v) is 6.46. The molecule has 0 bridgehead atoms. The van der Waals surface area contributed by atoms with E-state index in [4.69, 9.17) is 4.42 Å². The fourth-order valence-electron chi connectivity index (χ4n) is 2.51. The maximum absolute atomic E-state index is 5.72. The van der Waals surface area contributed by atoms with E-state index in [1.807, 2.05) is 6.07 Å². The Bertz CT molecular complexity index is 533. The van der Waals surface area contributed by atoms with Gasteiger partial charge in [0.2, 0.25) is 0 Å². The molecular formula is C17H22BrNO. The molecule has 2 nitrogen and oxygen atoms in total. The number of nitrogens with one attached hydrogen (secondary N) is 1. The van der Waals surface area contributed by atoms with Gasteiger partial charge in [0.05, 0.1) is 16.8 Å². The summed E-state index contributed by atoms with van der Waals surface area (Å²) < 4.78 is 6.75. The van der Waals surface area contributed by atoms with Crippen LogP contribution in [-0.2, 0) is 5.41 Å². The number of hydrogen-bond acceptors (Lipinski definition) is 2. The van der Waals surface area contributed by atoms with Crippen molar-refractivity contribution in [1.82, 2.24) is 5.32 Å². The van der Waals surface area contributed by atoms with Crippen LogP contribution in [0.4, 0.5) is 0 Å². The van der Waals surface area contributed by atoms with Crippen molar-refractivity contribution in [3.8, 4) is 0 Å². The minimum atomic E-state index is -0.0587. The van der Waals surface area contributed by atoms with Gasteiger partial charge < -0.3 is 9.73 Å². The van der Waals surface area contributed by atoms with E-state index in [0.29, 0.717) is 0 Å². The Morgan fingerprint density at radius 3 is 2.45 bits per heavy atom. The van der Waals surface area contributed by atoms with Crippen molar-refractivity contribution in [3.05, 3.63) is 58.5 Å². The summed E-state index contributed by atoms with van der Waals surface area (Å²) in [5.41, 5.74) is 1.24. The van der Waals surface area contributed by atoms with Gasteiger partial charge in [0.15, 0.2) is 0 Å². The van der Waals surface area contributed by atoms with Gasteiger partial charge in [-0.25, -0.2) is 0 Å². The lowest BCUT2D eigenvalue weighted by Crippen LogP contribution is -2.37. The van der Waals surface area contributed by atoms with Crippen LogP contribution in [-0.4, -0.2) is 6.54 Å². The molecule has 2 rings (SSSR count). The van der Waals surface area contributed by atoms with Crippen LogP contribution in [0.15, 0.2) is 51.6 Å². The first kappa shape index (κ1) is 15.3. The summed E-state index contributed by atoms with van der Waals surface area (Å²) >= 11 is 3.59. The smallest absolute Gasteiger partial charge is 0.135 e. The molecule has 1 aromatic carbocycles. The fraction of sp³-hybridized carbons (Fsp3) is 0.412. The lowest BCUT2D eigenvalue weighted by molar-refractivity contribution is 0.296. The van der Waals surface area contributed by atoms with Crippen molar-refractivity contribution in [2.75, 3.05) is 6.54 Å². The molecule has 20 heavy (non-hydrogen) atoms. The third kappa shape index (κ3) is 3.15. The summed E-state index contributed by atoms with van der Waals surface area (Å²) in [5.74, 6) is 0.965. The predicted octanol–water partition coefficient (Wildman–Crippen LogP) is 5.06. The van der Waals surface area contributed by atoms with Crippen LogP contribution < -0.4 is 5.32 Å². The number of benzene rings is 1. The molecule has 0 aliphatic carbocycles. The maximum atomic E-state index is 5.72. The minimum absolute atomic E-state index is 0.0587. The Labute approximate surface area is 129 Å². The van der Waals surface area contributed by atoms with E-state index in [-0.39, 0.29) is 11.5 Å². The summed E-state index contributed by atoms with van der Waals surface area (Å²) in [7, 11) is 0. The molecule has 0 radical (unpaired) electrons. The van der Waals surface area contributed by atoms with E-state index in [9.17, 15) is 0 Å². The van der Waals surface area contributed by atoms with E-state index in [1.54, 1.807) is 6.26 Å². The highest BCUT2D eigenvalue weighted by Crippen LogP contribution is 2.39. The number of halogens is 1. The fourth-order valence-corrected chi connectivity index (χ4v) is 2.94. The SMILES string of the molecule is CCCNC(c1occc1Br)C(C)(C)c1ccccc1. The van der Waals surface area contributed by atoms with Gasteiger partial charge in [-0.3, -0.25) is 0 Å². The molecule has 0 amide bonds. The Balaban J connectivity index is 2.38. The van der Waals surface area contributed by atoms with Gasteiger partial charge in [-0.05, 0) is 40.5 Å². The summed E-state index contributed by atoms with van der Waals surface area (Å²) in [5, 5.41) is 3.63. The van der Waals surface area contributed by atoms with Crippen LogP contribution in [0.1, 0.15) is 44.6 Å². The van der Waals surface area contributed by atoms with Gasteiger partial charge in [-0.15, -0.1) is 0 Å². The van der Waals surface area contributed by atoms with E-state index in [2.05, 4.69) is 72.3 Å². The highest BCUT2D eigenvalue weighted by molar-refractivity contribution is 9.10. The molecule has 1 atom stereocenters. The van der Waals surface area contributed by atoms with Crippen LogP contribution in [0, 0.1) is 0 Å². The Hall–Kier alpha value is -1.06. The minimum Gasteiger partial charge on any atom is -0.466 e. The zero-order valence-electron chi connectivity index (χ0n) is 12.3. The average molecular weight is 336 g/mol. The third-order valence-corrected chi connectivity index (χ3v) is 4.40. The largest absolute Gasteiger partial charge is 0.466 e. The molecule has 1 N–H and O–H groups in total. The molecule has 0 aliphatic rings. The zero-order valence-corrected chi connectivity index (χ0v) is 13.9. The highest BCUT2D eigenvalue weighted by Gasteiger charge is 2.35. The van der Waals surface area contributed by atoms with Gasteiger partial charge in [-0.2, -0.15) is 0 Å². The molecule has 2 aromatic rings. The molecule has 1 heterocycles. The van der Waals surface area contributed by atoms with Gasteiger partial charge in [0, 0.05) is 5.41 Å². The van der Waals surface area contributed by atoms with Gasteiger partial charge in [0.25, 0.3) is 0 Å². The third-order valence-electron chi connectivity index (χ3n) is 3.74. The van der Waals surface area contributed by atoms with E-state index in [0.717, 1.165) is 23.2 Å². The number of furan rings is 1. The van der Waals surface area contributed by atoms with E-state index < -0.39 is 0 Å². The standard InChI is InChI=1S/C17H22BrNO/c1-4-11-19-16(15-14(18)10-12-20-15)17(2,3)13-8-6-5-7-9-13/h5-10,12,16,19H,4,11H2,1-3H3. The first-order chi connectivity index (χ1) is 9.57. The molecule has 108 valence electrons. The van der Waals surface area contributed by atoms with Crippen molar-refractivity contribution < 1.29 is 4.42 Å². The molecule has 0 saturated carbocycles. The summed E-state index contributed by atoms with van der Waals surface area (Å²) in [6, 6.07) is 12.7. The van der Waals surface area contributed by atoms with Crippen LogP contribution >= 0.6 is 15.9 Å². The summed E-state index contributed by atoms with van der Waals surface area (Å²) in [6.45, 7) is 7.65. The normalized spacial score (nSPS) is 13.4. The Morgan fingerprint density at radius 1 is 1.20 bits per heavy atom. The Morgan fingerprint density at radius 2 is 1.90 bits per heavy atom. The van der Waals surface area contributed by atoms with Crippen molar-refractivity contribution >= 4 is 15.9 Å². The summed E-state index contributed by atoms with van der Waals surface area (Å²) in [6.07, 6.45) is 2.83. The van der Waals surface area contributed by atoms with Crippen LogP contribution in [0.5, 0.6) is 0 Å². The topological polar surface area (TPSA) is 25.2 Å². The monoisotopic (exact) mass is 335 g/mol. The van der Waals surface area contributed by atoms with Crippen LogP contribution in [0.3, 0.4) is 0 Å². The molecular weight excluding hydrogens is 314 g/mol. The first-order valence-corrected chi connectivity index (χ1v) is 7.88. The van der Waals surface area contributed by atoms with Crippen LogP contribution in [0.2, 0.25) is 0 Å². The molecule has 0 fully saturated rings. The van der Waals surface area contributed by atoms with Crippen molar-refractivity contribution in [1.29, 1.82) is 0 Å². The summed E-state index contributed by atoms with van der Waals surface area (Å²) in [4.78, 5) is 0. The highest BCUT2D eigenvalue weighted by atomic mass is 79.9. The maximum Gasteiger partial charge on any atom is 0.135 e. The molecule has 3 heteroatoms. The van der Waals surface area contributed by atoms with Gasteiger partial charge in [-0.1, -0.05) is 51.1 Å².